The number of carboxylic acid groups (broad SMARTS) is 1. The molecule has 1 aromatic rings. The molecule has 2 rings (SSSR count). The molecule has 126 valence electrons. The van der Waals surface area contributed by atoms with Gasteiger partial charge in [0, 0.05) is 17.8 Å². The standard InChI is InChI=1S/C16H23N3O3S/c1-9-12(10(2)18-16(17-9)23-3)6-7-14(20)19-13(15(21)22)8-11-4-5-11/h11,13H,4-8H2,1-3H3,(H,19,20)(H,21,22). The van der Waals surface area contributed by atoms with E-state index in [0.29, 0.717) is 18.8 Å². The highest BCUT2D eigenvalue weighted by Gasteiger charge is 2.30. The van der Waals surface area contributed by atoms with Gasteiger partial charge in [-0.2, -0.15) is 0 Å². The molecule has 0 spiro atoms. The van der Waals surface area contributed by atoms with Crippen molar-refractivity contribution in [3.8, 4) is 0 Å². The van der Waals surface area contributed by atoms with Gasteiger partial charge < -0.3 is 10.4 Å². The summed E-state index contributed by atoms with van der Waals surface area (Å²) in [5, 5.41) is 12.6. The highest BCUT2D eigenvalue weighted by Crippen LogP contribution is 2.33. The summed E-state index contributed by atoms with van der Waals surface area (Å²) >= 11 is 1.49. The van der Waals surface area contributed by atoms with E-state index >= 15 is 0 Å². The van der Waals surface area contributed by atoms with Gasteiger partial charge in [0.25, 0.3) is 0 Å². The van der Waals surface area contributed by atoms with Crippen LogP contribution in [0.5, 0.6) is 0 Å². The lowest BCUT2D eigenvalue weighted by Crippen LogP contribution is -2.41. The number of carbonyl (C=O) groups excluding carboxylic acids is 1. The Hall–Kier alpha value is -1.63. The van der Waals surface area contributed by atoms with Crippen LogP contribution in [0.25, 0.3) is 0 Å². The van der Waals surface area contributed by atoms with Crippen molar-refractivity contribution in [2.24, 2.45) is 5.92 Å². The molecule has 0 saturated heterocycles. The van der Waals surface area contributed by atoms with Gasteiger partial charge in [-0.05, 0) is 44.4 Å². The van der Waals surface area contributed by atoms with Crippen molar-refractivity contribution in [2.45, 2.75) is 57.1 Å². The maximum absolute atomic E-state index is 12.1. The largest absolute Gasteiger partial charge is 0.480 e. The molecular weight excluding hydrogens is 314 g/mol. The molecule has 1 aliphatic rings. The van der Waals surface area contributed by atoms with E-state index in [1.807, 2.05) is 20.1 Å². The fourth-order valence-corrected chi connectivity index (χ4v) is 3.03. The third-order valence-corrected chi connectivity index (χ3v) is 4.63. The predicted octanol–water partition coefficient (Wildman–Crippen LogP) is 2.12. The Labute approximate surface area is 140 Å². The number of hydrogen-bond acceptors (Lipinski definition) is 5. The minimum atomic E-state index is -0.953. The summed E-state index contributed by atoms with van der Waals surface area (Å²) in [5.74, 6) is -0.732. The topological polar surface area (TPSA) is 92.2 Å². The first-order valence-corrected chi connectivity index (χ1v) is 9.03. The summed E-state index contributed by atoms with van der Waals surface area (Å²) in [6.07, 6.45) is 5.36. The third-order valence-electron chi connectivity index (χ3n) is 4.08. The number of hydrogen-bond donors (Lipinski definition) is 2. The summed E-state index contributed by atoms with van der Waals surface area (Å²) in [7, 11) is 0. The Balaban J connectivity index is 1.91. The number of rotatable bonds is 8. The average molecular weight is 337 g/mol. The Morgan fingerprint density at radius 1 is 1.30 bits per heavy atom. The van der Waals surface area contributed by atoms with Gasteiger partial charge in [0.05, 0.1) is 0 Å². The molecule has 1 heterocycles. The number of thioether (sulfide) groups is 1. The van der Waals surface area contributed by atoms with Crippen LogP contribution in [0.3, 0.4) is 0 Å². The van der Waals surface area contributed by atoms with Crippen molar-refractivity contribution >= 4 is 23.6 Å². The summed E-state index contributed by atoms with van der Waals surface area (Å²) in [4.78, 5) is 32.1. The second kappa shape index (κ2) is 7.77. The van der Waals surface area contributed by atoms with Crippen LogP contribution >= 0.6 is 11.8 Å². The van der Waals surface area contributed by atoms with E-state index in [0.717, 1.165) is 34.9 Å². The SMILES string of the molecule is CSc1nc(C)c(CCC(=O)NC(CC2CC2)C(=O)O)c(C)n1. The number of nitrogens with zero attached hydrogens (tertiary/aromatic N) is 2. The van der Waals surface area contributed by atoms with Crippen LogP contribution < -0.4 is 5.32 Å². The van der Waals surface area contributed by atoms with Gasteiger partial charge in [0.1, 0.15) is 6.04 Å². The molecule has 1 aliphatic carbocycles. The van der Waals surface area contributed by atoms with Crippen LogP contribution in [0.1, 0.15) is 42.6 Å². The van der Waals surface area contributed by atoms with Crippen LogP contribution in [0.15, 0.2) is 5.16 Å². The van der Waals surface area contributed by atoms with E-state index < -0.39 is 12.0 Å². The zero-order valence-electron chi connectivity index (χ0n) is 13.8. The molecule has 1 fully saturated rings. The number of aryl methyl sites for hydroxylation is 2. The number of aliphatic carboxylic acids is 1. The first kappa shape index (κ1) is 17.7. The number of nitrogens with one attached hydrogen (secondary N) is 1. The van der Waals surface area contributed by atoms with Gasteiger partial charge in [-0.3, -0.25) is 4.79 Å². The van der Waals surface area contributed by atoms with Gasteiger partial charge in [-0.25, -0.2) is 14.8 Å². The molecule has 1 amide bonds. The Morgan fingerprint density at radius 2 is 1.91 bits per heavy atom. The molecule has 2 N–H and O–H groups in total. The number of carbonyl (C=O) groups is 2. The zero-order chi connectivity index (χ0) is 17.0. The molecule has 1 aromatic heterocycles. The molecule has 7 heteroatoms. The molecular formula is C16H23N3O3S. The molecule has 0 aliphatic heterocycles. The maximum atomic E-state index is 12.1. The van der Waals surface area contributed by atoms with Gasteiger partial charge in [-0.1, -0.05) is 24.6 Å². The number of carboxylic acids is 1. The second-order valence-electron chi connectivity index (χ2n) is 6.00. The van der Waals surface area contributed by atoms with Crippen molar-refractivity contribution in [1.29, 1.82) is 0 Å². The monoisotopic (exact) mass is 337 g/mol. The predicted molar refractivity (Wildman–Crippen MR) is 88.5 cm³/mol. The molecule has 0 radical (unpaired) electrons. The minimum Gasteiger partial charge on any atom is -0.480 e. The second-order valence-corrected chi connectivity index (χ2v) is 6.77. The van der Waals surface area contributed by atoms with Gasteiger partial charge in [0.15, 0.2) is 5.16 Å². The van der Waals surface area contributed by atoms with E-state index in [1.54, 1.807) is 0 Å². The van der Waals surface area contributed by atoms with Crippen molar-refractivity contribution in [1.82, 2.24) is 15.3 Å². The van der Waals surface area contributed by atoms with E-state index in [9.17, 15) is 14.7 Å². The summed E-state index contributed by atoms with van der Waals surface area (Å²) in [6, 6.07) is -0.771. The lowest BCUT2D eigenvalue weighted by Gasteiger charge is -2.15. The van der Waals surface area contributed by atoms with Crippen LogP contribution in [-0.4, -0.2) is 39.2 Å². The number of amides is 1. The molecule has 0 bridgehead atoms. The molecule has 1 saturated carbocycles. The van der Waals surface area contributed by atoms with Gasteiger partial charge >= 0.3 is 5.97 Å². The van der Waals surface area contributed by atoms with Crippen LogP contribution in [0.4, 0.5) is 0 Å². The molecule has 1 atom stereocenters. The zero-order valence-corrected chi connectivity index (χ0v) is 14.6. The quantitative estimate of drug-likeness (QED) is 0.557. The first-order valence-electron chi connectivity index (χ1n) is 7.81. The maximum Gasteiger partial charge on any atom is 0.326 e. The van der Waals surface area contributed by atoms with Crippen LogP contribution in [0.2, 0.25) is 0 Å². The summed E-state index contributed by atoms with van der Waals surface area (Å²) in [6.45, 7) is 3.82. The smallest absolute Gasteiger partial charge is 0.326 e. The van der Waals surface area contributed by atoms with Crippen molar-refractivity contribution in [2.75, 3.05) is 6.26 Å². The van der Waals surface area contributed by atoms with Crippen LogP contribution in [-0.2, 0) is 16.0 Å². The summed E-state index contributed by atoms with van der Waals surface area (Å²) in [5.41, 5.74) is 2.72. The summed E-state index contributed by atoms with van der Waals surface area (Å²) < 4.78 is 0. The fourth-order valence-electron chi connectivity index (χ4n) is 2.58. The van der Waals surface area contributed by atoms with Crippen molar-refractivity contribution in [3.05, 3.63) is 17.0 Å². The molecule has 1 unspecified atom stereocenters. The van der Waals surface area contributed by atoms with Gasteiger partial charge in [-0.15, -0.1) is 0 Å². The molecule has 0 aromatic carbocycles. The minimum absolute atomic E-state index is 0.231. The first-order chi connectivity index (χ1) is 10.9. The highest BCUT2D eigenvalue weighted by molar-refractivity contribution is 7.98. The molecule has 6 nitrogen and oxygen atoms in total. The average Bonchev–Trinajstić information content (AvgIpc) is 3.29. The normalized spacial score (nSPS) is 15.3. The van der Waals surface area contributed by atoms with Gasteiger partial charge in [0.2, 0.25) is 5.91 Å². The Morgan fingerprint density at radius 3 is 2.39 bits per heavy atom. The van der Waals surface area contributed by atoms with E-state index in [2.05, 4.69) is 15.3 Å². The van der Waals surface area contributed by atoms with Crippen molar-refractivity contribution in [3.63, 3.8) is 0 Å². The fraction of sp³-hybridized carbons (Fsp3) is 0.625. The Bertz CT molecular complexity index is 579. The molecule has 23 heavy (non-hydrogen) atoms. The van der Waals surface area contributed by atoms with Crippen LogP contribution in [0, 0.1) is 19.8 Å². The number of aromatic nitrogens is 2. The van der Waals surface area contributed by atoms with Crippen molar-refractivity contribution < 1.29 is 14.7 Å². The van der Waals surface area contributed by atoms with E-state index in [-0.39, 0.29) is 12.3 Å². The van der Waals surface area contributed by atoms with E-state index in [1.165, 1.54) is 11.8 Å². The third kappa shape index (κ3) is 5.20. The van der Waals surface area contributed by atoms with E-state index in [4.69, 9.17) is 0 Å². The lowest BCUT2D eigenvalue weighted by molar-refractivity contribution is -0.142. The highest BCUT2D eigenvalue weighted by atomic mass is 32.2. The Kier molecular flexibility index (Phi) is 5.98. The lowest BCUT2D eigenvalue weighted by atomic mass is 10.1.